The quantitative estimate of drug-likeness (QED) is 0.900. The summed E-state index contributed by atoms with van der Waals surface area (Å²) in [5, 5.41) is 8.54. The number of carbonyl (C=O) groups is 1. The predicted octanol–water partition coefficient (Wildman–Crippen LogP) is 3.94. The molecule has 0 bridgehead atoms. The first-order valence-corrected chi connectivity index (χ1v) is 5.18. The van der Waals surface area contributed by atoms with Crippen LogP contribution >= 0.6 is 11.6 Å². The Labute approximate surface area is 101 Å². The van der Waals surface area contributed by atoms with Crippen LogP contribution in [0.1, 0.15) is 30.4 Å². The zero-order valence-electron chi connectivity index (χ0n) is 8.88. The third kappa shape index (κ3) is 3.63. The summed E-state index contributed by atoms with van der Waals surface area (Å²) in [4.78, 5) is 10.5. The number of hydrogen-bond acceptors (Lipinski definition) is 1. The zero-order valence-corrected chi connectivity index (χ0v) is 9.64. The summed E-state index contributed by atoms with van der Waals surface area (Å²) in [6.07, 6.45) is -4.62. The van der Waals surface area contributed by atoms with Gasteiger partial charge in [0, 0.05) is 5.02 Å². The Balaban J connectivity index is 3.02. The van der Waals surface area contributed by atoms with Crippen molar-refractivity contribution in [2.75, 3.05) is 0 Å². The van der Waals surface area contributed by atoms with E-state index in [2.05, 4.69) is 0 Å². The standard InChI is InChI=1S/C11H10ClF3O2/c1-6(4-10(16)17)8-3-2-7(5-9(8)12)11(13,14)15/h2-3,5-6H,4H2,1H3,(H,16,17). The first-order valence-electron chi connectivity index (χ1n) is 4.80. The number of halogens is 4. The fourth-order valence-corrected chi connectivity index (χ4v) is 1.84. The van der Waals surface area contributed by atoms with Gasteiger partial charge in [-0.05, 0) is 23.6 Å². The Morgan fingerprint density at radius 3 is 2.47 bits per heavy atom. The number of alkyl halides is 3. The van der Waals surface area contributed by atoms with Crippen LogP contribution in [0.3, 0.4) is 0 Å². The lowest BCUT2D eigenvalue weighted by molar-refractivity contribution is -0.138. The van der Waals surface area contributed by atoms with Crippen LogP contribution in [0.5, 0.6) is 0 Å². The molecular weight excluding hydrogens is 257 g/mol. The normalized spacial score (nSPS) is 13.5. The monoisotopic (exact) mass is 266 g/mol. The summed E-state index contributed by atoms with van der Waals surface area (Å²) in [7, 11) is 0. The summed E-state index contributed by atoms with van der Waals surface area (Å²) < 4.78 is 37.1. The van der Waals surface area contributed by atoms with Crippen molar-refractivity contribution in [1.82, 2.24) is 0 Å². The molecule has 0 fully saturated rings. The maximum atomic E-state index is 12.4. The van der Waals surface area contributed by atoms with Gasteiger partial charge in [0.2, 0.25) is 0 Å². The van der Waals surface area contributed by atoms with Crippen LogP contribution in [0.15, 0.2) is 18.2 Å². The van der Waals surface area contributed by atoms with Gasteiger partial charge < -0.3 is 5.11 Å². The molecule has 0 amide bonds. The van der Waals surface area contributed by atoms with Crippen LogP contribution in [-0.2, 0) is 11.0 Å². The SMILES string of the molecule is CC(CC(=O)O)c1ccc(C(F)(F)F)cc1Cl. The molecule has 6 heteroatoms. The molecule has 1 rings (SSSR count). The van der Waals surface area contributed by atoms with E-state index in [-0.39, 0.29) is 11.4 Å². The highest BCUT2D eigenvalue weighted by atomic mass is 35.5. The average molecular weight is 267 g/mol. The van der Waals surface area contributed by atoms with Gasteiger partial charge in [0.1, 0.15) is 0 Å². The van der Waals surface area contributed by atoms with E-state index >= 15 is 0 Å². The number of carboxylic acid groups (broad SMARTS) is 1. The molecule has 2 nitrogen and oxygen atoms in total. The van der Waals surface area contributed by atoms with Gasteiger partial charge >= 0.3 is 12.1 Å². The number of aliphatic carboxylic acids is 1. The van der Waals surface area contributed by atoms with Crippen LogP contribution in [-0.4, -0.2) is 11.1 Å². The Morgan fingerprint density at radius 1 is 1.47 bits per heavy atom. The largest absolute Gasteiger partial charge is 0.481 e. The number of benzene rings is 1. The first-order chi connectivity index (χ1) is 7.71. The molecule has 1 aromatic rings. The molecule has 0 radical (unpaired) electrons. The van der Waals surface area contributed by atoms with Gasteiger partial charge in [-0.25, -0.2) is 0 Å². The lowest BCUT2D eigenvalue weighted by atomic mass is 9.96. The summed E-state index contributed by atoms with van der Waals surface area (Å²) in [6, 6.07) is 2.94. The molecule has 1 N–H and O–H groups in total. The first kappa shape index (κ1) is 13.8. The van der Waals surface area contributed by atoms with E-state index in [4.69, 9.17) is 16.7 Å². The molecule has 0 saturated heterocycles. The molecule has 0 heterocycles. The molecule has 0 saturated carbocycles. The van der Waals surface area contributed by atoms with E-state index in [1.807, 2.05) is 0 Å². The Morgan fingerprint density at radius 2 is 2.06 bits per heavy atom. The Kier molecular flexibility index (Phi) is 4.03. The van der Waals surface area contributed by atoms with E-state index < -0.39 is 23.6 Å². The maximum absolute atomic E-state index is 12.4. The van der Waals surface area contributed by atoms with Crippen LogP contribution in [0, 0.1) is 0 Å². The van der Waals surface area contributed by atoms with Gasteiger partial charge in [0.25, 0.3) is 0 Å². The molecule has 0 aliphatic carbocycles. The average Bonchev–Trinajstić information content (AvgIpc) is 2.14. The van der Waals surface area contributed by atoms with Crippen LogP contribution < -0.4 is 0 Å². The molecule has 1 atom stereocenters. The highest BCUT2D eigenvalue weighted by Gasteiger charge is 2.31. The van der Waals surface area contributed by atoms with Crippen LogP contribution in [0.25, 0.3) is 0 Å². The number of hydrogen-bond donors (Lipinski definition) is 1. The van der Waals surface area contributed by atoms with Crippen molar-refractivity contribution in [3.63, 3.8) is 0 Å². The Bertz CT molecular complexity index is 429. The lowest BCUT2D eigenvalue weighted by Gasteiger charge is -2.13. The van der Waals surface area contributed by atoms with Crippen molar-refractivity contribution in [2.45, 2.75) is 25.4 Å². The van der Waals surface area contributed by atoms with E-state index in [1.165, 1.54) is 6.07 Å². The predicted molar refractivity (Wildman–Crippen MR) is 57.1 cm³/mol. The lowest BCUT2D eigenvalue weighted by Crippen LogP contribution is -2.07. The van der Waals surface area contributed by atoms with E-state index in [0.29, 0.717) is 5.56 Å². The maximum Gasteiger partial charge on any atom is 0.416 e. The highest BCUT2D eigenvalue weighted by molar-refractivity contribution is 6.31. The fraction of sp³-hybridized carbons (Fsp3) is 0.364. The van der Waals surface area contributed by atoms with Crippen molar-refractivity contribution in [3.8, 4) is 0 Å². The summed E-state index contributed by atoms with van der Waals surface area (Å²) in [5.74, 6) is -1.45. The second kappa shape index (κ2) is 4.96. The summed E-state index contributed by atoms with van der Waals surface area (Å²) in [5.41, 5.74) is -0.434. The van der Waals surface area contributed by atoms with Gasteiger partial charge in [0.05, 0.1) is 12.0 Å². The van der Waals surface area contributed by atoms with E-state index in [1.54, 1.807) is 6.92 Å². The minimum Gasteiger partial charge on any atom is -0.481 e. The minimum absolute atomic E-state index is 0.0615. The minimum atomic E-state index is -4.45. The topological polar surface area (TPSA) is 37.3 Å². The van der Waals surface area contributed by atoms with Gasteiger partial charge in [-0.1, -0.05) is 24.6 Å². The third-order valence-electron chi connectivity index (χ3n) is 2.34. The molecular formula is C11H10ClF3O2. The second-order valence-electron chi connectivity index (χ2n) is 3.73. The van der Waals surface area contributed by atoms with Crippen molar-refractivity contribution in [1.29, 1.82) is 0 Å². The molecule has 0 aromatic heterocycles. The summed E-state index contributed by atoms with van der Waals surface area (Å²) in [6.45, 7) is 1.60. The van der Waals surface area contributed by atoms with Crippen LogP contribution in [0.2, 0.25) is 5.02 Å². The van der Waals surface area contributed by atoms with Crippen molar-refractivity contribution >= 4 is 17.6 Å². The second-order valence-corrected chi connectivity index (χ2v) is 4.14. The van der Waals surface area contributed by atoms with Crippen molar-refractivity contribution in [3.05, 3.63) is 34.3 Å². The molecule has 0 aliphatic rings. The molecule has 0 spiro atoms. The molecule has 1 aromatic carbocycles. The Hall–Kier alpha value is -1.23. The van der Waals surface area contributed by atoms with Gasteiger partial charge in [-0.15, -0.1) is 0 Å². The number of rotatable bonds is 3. The van der Waals surface area contributed by atoms with Gasteiger partial charge in [-0.2, -0.15) is 13.2 Å². The van der Waals surface area contributed by atoms with Gasteiger partial charge in [0.15, 0.2) is 0 Å². The van der Waals surface area contributed by atoms with E-state index in [0.717, 1.165) is 12.1 Å². The van der Waals surface area contributed by atoms with Crippen molar-refractivity contribution in [2.24, 2.45) is 0 Å². The fourth-order valence-electron chi connectivity index (χ4n) is 1.48. The van der Waals surface area contributed by atoms with E-state index in [9.17, 15) is 18.0 Å². The smallest absolute Gasteiger partial charge is 0.416 e. The van der Waals surface area contributed by atoms with Gasteiger partial charge in [-0.3, -0.25) is 4.79 Å². The summed E-state index contributed by atoms with van der Waals surface area (Å²) >= 11 is 5.72. The molecule has 1 unspecified atom stereocenters. The third-order valence-corrected chi connectivity index (χ3v) is 2.67. The number of carboxylic acids is 1. The van der Waals surface area contributed by atoms with Crippen LogP contribution in [0.4, 0.5) is 13.2 Å². The highest BCUT2D eigenvalue weighted by Crippen LogP contribution is 2.34. The molecule has 17 heavy (non-hydrogen) atoms. The molecule has 0 aliphatic heterocycles. The molecule has 94 valence electrons. The van der Waals surface area contributed by atoms with Crippen molar-refractivity contribution < 1.29 is 23.1 Å². The zero-order chi connectivity index (χ0) is 13.2.